The van der Waals surface area contributed by atoms with Gasteiger partial charge in [0.25, 0.3) is 0 Å². The maximum atomic E-state index is 11.5. The minimum absolute atomic E-state index is 0.268. The van der Waals surface area contributed by atoms with E-state index in [1.807, 2.05) is 26.1 Å². The van der Waals surface area contributed by atoms with Crippen molar-refractivity contribution < 1.29 is 8.42 Å². The number of hydrogen-bond acceptors (Lipinski definition) is 4. The van der Waals surface area contributed by atoms with Gasteiger partial charge in [0, 0.05) is 22.9 Å². The Morgan fingerprint density at radius 2 is 1.83 bits per heavy atom. The van der Waals surface area contributed by atoms with Crippen LogP contribution in [0.3, 0.4) is 0 Å². The smallest absolute Gasteiger partial charge is 0.151 e. The van der Waals surface area contributed by atoms with E-state index in [1.165, 1.54) is 5.56 Å². The molecule has 0 heterocycles. The maximum Gasteiger partial charge on any atom is 0.151 e. The van der Waals surface area contributed by atoms with Crippen molar-refractivity contribution in [2.24, 2.45) is 0 Å². The number of nitrogens with one attached hydrogen (secondary N) is 1. The fourth-order valence-corrected chi connectivity index (χ4v) is 4.35. The number of hydrogen-bond donors (Lipinski definition) is 1. The van der Waals surface area contributed by atoms with Crippen LogP contribution >= 0.6 is 11.8 Å². The molecule has 0 saturated carbocycles. The van der Waals surface area contributed by atoms with E-state index in [1.54, 1.807) is 11.8 Å². The Bertz CT molecular complexity index is 441. The molecule has 102 valence electrons. The van der Waals surface area contributed by atoms with Crippen molar-refractivity contribution in [3.8, 4) is 0 Å². The summed E-state index contributed by atoms with van der Waals surface area (Å²) in [6.07, 6.45) is 0.700. The van der Waals surface area contributed by atoms with Crippen LogP contribution < -0.4 is 5.32 Å². The molecule has 0 aliphatic carbocycles. The van der Waals surface area contributed by atoms with Crippen LogP contribution in [0.5, 0.6) is 0 Å². The van der Waals surface area contributed by atoms with E-state index in [0.717, 1.165) is 11.4 Å². The highest BCUT2D eigenvalue weighted by atomic mass is 32.2. The van der Waals surface area contributed by atoms with E-state index >= 15 is 0 Å². The third-order valence-electron chi connectivity index (χ3n) is 2.48. The van der Waals surface area contributed by atoms with E-state index in [9.17, 15) is 8.42 Å². The highest BCUT2D eigenvalue weighted by Crippen LogP contribution is 2.18. The monoisotopic (exact) mass is 287 g/mol. The standard InChI is InChI=1S/C13H21NO2S2/c1-3-9-18(15,16)10-8-17-13-6-4-12(5-7-13)11-14-2/h4-7,14H,3,8-11H2,1-2H3. The normalized spacial score (nSPS) is 11.7. The van der Waals surface area contributed by atoms with Crippen molar-refractivity contribution in [1.82, 2.24) is 5.32 Å². The highest BCUT2D eigenvalue weighted by Gasteiger charge is 2.08. The topological polar surface area (TPSA) is 46.2 Å². The van der Waals surface area contributed by atoms with Gasteiger partial charge >= 0.3 is 0 Å². The molecule has 1 aromatic carbocycles. The lowest BCUT2D eigenvalue weighted by Gasteiger charge is -2.04. The van der Waals surface area contributed by atoms with Gasteiger partial charge in [0.1, 0.15) is 0 Å². The van der Waals surface area contributed by atoms with Crippen LogP contribution in [-0.2, 0) is 16.4 Å². The molecule has 0 radical (unpaired) electrons. The van der Waals surface area contributed by atoms with Gasteiger partial charge in [-0.3, -0.25) is 0 Å². The molecule has 0 atom stereocenters. The molecule has 0 unspecified atom stereocenters. The Morgan fingerprint density at radius 3 is 2.39 bits per heavy atom. The maximum absolute atomic E-state index is 11.5. The SMILES string of the molecule is CCCS(=O)(=O)CCSc1ccc(CNC)cc1. The van der Waals surface area contributed by atoms with Gasteiger partial charge in [-0.25, -0.2) is 8.42 Å². The number of rotatable bonds is 8. The quantitative estimate of drug-likeness (QED) is 0.745. The van der Waals surface area contributed by atoms with Gasteiger partial charge < -0.3 is 5.32 Å². The molecule has 0 amide bonds. The van der Waals surface area contributed by atoms with Crippen molar-refractivity contribution in [2.75, 3.05) is 24.3 Å². The molecule has 1 N–H and O–H groups in total. The summed E-state index contributed by atoms with van der Waals surface area (Å²) >= 11 is 1.60. The molecular formula is C13H21NO2S2. The summed E-state index contributed by atoms with van der Waals surface area (Å²) < 4.78 is 23.1. The molecule has 1 aromatic rings. The first-order valence-electron chi connectivity index (χ1n) is 6.14. The van der Waals surface area contributed by atoms with Gasteiger partial charge in [0.05, 0.1) is 5.75 Å². The number of benzene rings is 1. The second kappa shape index (κ2) is 7.81. The summed E-state index contributed by atoms with van der Waals surface area (Å²) in [6, 6.07) is 8.23. The Kier molecular flexibility index (Phi) is 6.75. The molecule has 0 bridgehead atoms. The van der Waals surface area contributed by atoms with Crippen LogP contribution in [0.2, 0.25) is 0 Å². The lowest BCUT2D eigenvalue weighted by atomic mass is 10.2. The molecule has 0 saturated heterocycles. The number of sulfone groups is 1. The molecule has 0 aromatic heterocycles. The van der Waals surface area contributed by atoms with Crippen LogP contribution in [0.25, 0.3) is 0 Å². The minimum Gasteiger partial charge on any atom is -0.316 e. The first-order valence-corrected chi connectivity index (χ1v) is 8.95. The van der Waals surface area contributed by atoms with Crippen molar-refractivity contribution in [3.63, 3.8) is 0 Å². The second-order valence-electron chi connectivity index (χ2n) is 4.17. The molecule has 5 heteroatoms. The van der Waals surface area contributed by atoms with E-state index < -0.39 is 9.84 Å². The van der Waals surface area contributed by atoms with E-state index in [-0.39, 0.29) is 5.75 Å². The zero-order valence-corrected chi connectivity index (χ0v) is 12.6. The number of thioether (sulfide) groups is 1. The first-order chi connectivity index (χ1) is 8.57. The minimum atomic E-state index is -2.85. The van der Waals surface area contributed by atoms with Gasteiger partial charge in [-0.2, -0.15) is 0 Å². The largest absolute Gasteiger partial charge is 0.316 e. The summed E-state index contributed by atoms with van der Waals surface area (Å²) in [5, 5.41) is 3.09. The van der Waals surface area contributed by atoms with Gasteiger partial charge in [-0.05, 0) is 31.2 Å². The van der Waals surface area contributed by atoms with Crippen LogP contribution in [0, 0.1) is 0 Å². The predicted molar refractivity (Wildman–Crippen MR) is 78.9 cm³/mol. The fraction of sp³-hybridized carbons (Fsp3) is 0.538. The average Bonchev–Trinajstić information content (AvgIpc) is 2.31. The average molecular weight is 287 g/mol. The lowest BCUT2D eigenvalue weighted by Crippen LogP contribution is -2.12. The Labute approximate surface area is 114 Å². The Morgan fingerprint density at radius 1 is 1.17 bits per heavy atom. The Balaban J connectivity index is 2.40. The van der Waals surface area contributed by atoms with Crippen molar-refractivity contribution in [3.05, 3.63) is 29.8 Å². The molecule has 0 fully saturated rings. The van der Waals surface area contributed by atoms with Crippen molar-refractivity contribution >= 4 is 21.6 Å². The van der Waals surface area contributed by atoms with Gasteiger partial charge in [-0.15, -0.1) is 11.8 Å². The lowest BCUT2D eigenvalue weighted by molar-refractivity contribution is 0.596. The first kappa shape index (κ1) is 15.5. The fourth-order valence-electron chi connectivity index (χ4n) is 1.61. The summed E-state index contributed by atoms with van der Waals surface area (Å²) in [5.41, 5.74) is 1.24. The van der Waals surface area contributed by atoms with Crippen LogP contribution in [0.4, 0.5) is 0 Å². The van der Waals surface area contributed by atoms with E-state index in [4.69, 9.17) is 0 Å². The predicted octanol–water partition coefficient (Wildman–Crippen LogP) is 2.32. The zero-order valence-electron chi connectivity index (χ0n) is 11.0. The third kappa shape index (κ3) is 5.89. The van der Waals surface area contributed by atoms with Gasteiger partial charge in [-0.1, -0.05) is 19.1 Å². The summed E-state index contributed by atoms with van der Waals surface area (Å²) in [4.78, 5) is 1.13. The molecule has 18 heavy (non-hydrogen) atoms. The summed E-state index contributed by atoms with van der Waals surface area (Å²) in [7, 11) is -0.931. The Hall–Kier alpha value is -0.520. The van der Waals surface area contributed by atoms with Crippen LogP contribution in [-0.4, -0.2) is 32.7 Å². The van der Waals surface area contributed by atoms with Gasteiger partial charge in [0.2, 0.25) is 0 Å². The van der Waals surface area contributed by atoms with E-state index in [0.29, 0.717) is 17.9 Å². The van der Waals surface area contributed by atoms with E-state index in [2.05, 4.69) is 17.4 Å². The molecule has 0 aliphatic rings. The molecule has 0 aliphatic heterocycles. The third-order valence-corrected chi connectivity index (χ3v) is 5.61. The summed E-state index contributed by atoms with van der Waals surface area (Å²) in [6.45, 7) is 2.75. The summed E-state index contributed by atoms with van der Waals surface area (Å²) in [5.74, 6) is 1.20. The van der Waals surface area contributed by atoms with Crippen LogP contribution in [0.15, 0.2) is 29.2 Å². The second-order valence-corrected chi connectivity index (χ2v) is 7.65. The molecule has 3 nitrogen and oxygen atoms in total. The molecule has 0 spiro atoms. The zero-order chi connectivity index (χ0) is 13.4. The van der Waals surface area contributed by atoms with Crippen molar-refractivity contribution in [2.45, 2.75) is 24.8 Å². The highest BCUT2D eigenvalue weighted by molar-refractivity contribution is 8.00. The van der Waals surface area contributed by atoms with Gasteiger partial charge in [0.15, 0.2) is 9.84 Å². The van der Waals surface area contributed by atoms with Crippen molar-refractivity contribution in [1.29, 1.82) is 0 Å². The molecule has 1 rings (SSSR count). The van der Waals surface area contributed by atoms with Crippen LogP contribution in [0.1, 0.15) is 18.9 Å². The molecular weight excluding hydrogens is 266 g/mol.